The molecule has 2 atom stereocenters. The molecule has 0 aromatic heterocycles. The van der Waals surface area contributed by atoms with Crippen LogP contribution < -0.4 is 10.1 Å². The Morgan fingerprint density at radius 1 is 1.21 bits per heavy atom. The van der Waals surface area contributed by atoms with Crippen LogP contribution in [0.15, 0.2) is 24.3 Å². The zero-order valence-electron chi connectivity index (χ0n) is 12.2. The molecule has 106 valence electrons. The van der Waals surface area contributed by atoms with Gasteiger partial charge < -0.3 is 14.8 Å². The fourth-order valence-electron chi connectivity index (χ4n) is 2.26. The van der Waals surface area contributed by atoms with Gasteiger partial charge in [-0.05, 0) is 37.3 Å². The molecular weight excluding hydrogens is 238 g/mol. The van der Waals surface area contributed by atoms with E-state index < -0.39 is 0 Å². The highest BCUT2D eigenvalue weighted by Gasteiger charge is 2.26. The molecule has 3 heteroatoms. The zero-order chi connectivity index (χ0) is 13.7. The monoisotopic (exact) mass is 263 g/mol. The van der Waals surface area contributed by atoms with Gasteiger partial charge in [0.2, 0.25) is 0 Å². The van der Waals surface area contributed by atoms with Crippen LogP contribution in [0.3, 0.4) is 0 Å². The van der Waals surface area contributed by atoms with Crippen molar-refractivity contribution < 1.29 is 9.47 Å². The lowest BCUT2D eigenvalue weighted by molar-refractivity contribution is 0.145. The molecule has 0 saturated heterocycles. The van der Waals surface area contributed by atoms with Crippen molar-refractivity contribution in [2.45, 2.75) is 44.7 Å². The van der Waals surface area contributed by atoms with Gasteiger partial charge in [-0.1, -0.05) is 25.1 Å². The van der Waals surface area contributed by atoms with Crippen molar-refractivity contribution in [3.8, 4) is 5.75 Å². The second kappa shape index (κ2) is 6.92. The average molecular weight is 263 g/mol. The van der Waals surface area contributed by atoms with E-state index in [1.165, 1.54) is 18.4 Å². The first-order chi connectivity index (χ1) is 9.22. The predicted molar refractivity (Wildman–Crippen MR) is 77.8 cm³/mol. The molecule has 1 saturated carbocycles. The molecule has 2 rings (SSSR count). The molecule has 0 heterocycles. The molecule has 0 aliphatic heterocycles. The number of hydrogen-bond acceptors (Lipinski definition) is 3. The third kappa shape index (κ3) is 4.22. The lowest BCUT2D eigenvalue weighted by atomic mass is 9.93. The van der Waals surface area contributed by atoms with Crippen LogP contribution in [0.1, 0.15) is 38.2 Å². The van der Waals surface area contributed by atoms with E-state index in [-0.39, 0.29) is 0 Å². The first-order valence-electron chi connectivity index (χ1n) is 7.19. The van der Waals surface area contributed by atoms with E-state index in [0.29, 0.717) is 25.2 Å². The number of rotatable bonds is 8. The summed E-state index contributed by atoms with van der Waals surface area (Å²) in [5.74, 6) is 1.43. The van der Waals surface area contributed by atoms with Crippen molar-refractivity contribution in [1.82, 2.24) is 5.32 Å². The normalized spacial score (nSPS) is 18.1. The third-order valence-corrected chi connectivity index (χ3v) is 3.78. The summed E-state index contributed by atoms with van der Waals surface area (Å²) >= 11 is 0. The summed E-state index contributed by atoms with van der Waals surface area (Å²) in [4.78, 5) is 0. The molecule has 1 N–H and O–H groups in total. The quantitative estimate of drug-likeness (QED) is 0.731. The van der Waals surface area contributed by atoms with Crippen LogP contribution in [0.5, 0.6) is 5.75 Å². The minimum atomic E-state index is 0.444. The molecule has 1 aliphatic rings. The topological polar surface area (TPSA) is 30.5 Å². The maximum atomic E-state index is 5.82. The van der Waals surface area contributed by atoms with Gasteiger partial charge in [0.05, 0.1) is 6.61 Å². The second-order valence-electron chi connectivity index (χ2n) is 5.40. The van der Waals surface area contributed by atoms with Crippen LogP contribution in [0.4, 0.5) is 0 Å². The van der Waals surface area contributed by atoms with E-state index in [9.17, 15) is 0 Å². The molecule has 0 bridgehead atoms. The SMILES string of the molecule is COCCOc1ccccc1C(C)C(C)NC1CC1. The lowest BCUT2D eigenvalue weighted by Crippen LogP contribution is -2.32. The highest BCUT2D eigenvalue weighted by Crippen LogP contribution is 2.30. The Labute approximate surface area is 116 Å². The molecule has 1 aromatic carbocycles. The number of hydrogen-bond donors (Lipinski definition) is 1. The molecule has 0 spiro atoms. The van der Waals surface area contributed by atoms with E-state index in [2.05, 4.69) is 31.3 Å². The number of nitrogens with one attached hydrogen (secondary N) is 1. The first kappa shape index (κ1) is 14.4. The maximum Gasteiger partial charge on any atom is 0.122 e. The highest BCUT2D eigenvalue weighted by molar-refractivity contribution is 5.36. The molecule has 0 radical (unpaired) electrons. The van der Waals surface area contributed by atoms with Gasteiger partial charge in [0.15, 0.2) is 0 Å². The van der Waals surface area contributed by atoms with Gasteiger partial charge in [0.25, 0.3) is 0 Å². The van der Waals surface area contributed by atoms with Crippen LogP contribution >= 0.6 is 0 Å². The van der Waals surface area contributed by atoms with Crippen molar-refractivity contribution >= 4 is 0 Å². The summed E-state index contributed by atoms with van der Waals surface area (Å²) in [6.45, 7) is 5.75. The van der Waals surface area contributed by atoms with E-state index in [0.717, 1.165) is 11.8 Å². The van der Waals surface area contributed by atoms with E-state index in [1.54, 1.807) is 7.11 Å². The van der Waals surface area contributed by atoms with Crippen molar-refractivity contribution in [2.75, 3.05) is 20.3 Å². The van der Waals surface area contributed by atoms with Gasteiger partial charge in [0, 0.05) is 19.2 Å². The van der Waals surface area contributed by atoms with Crippen molar-refractivity contribution in [1.29, 1.82) is 0 Å². The molecule has 0 amide bonds. The molecule has 1 aliphatic carbocycles. The Bertz CT molecular complexity index is 390. The summed E-state index contributed by atoms with van der Waals surface area (Å²) in [6, 6.07) is 9.53. The summed E-state index contributed by atoms with van der Waals surface area (Å²) in [5, 5.41) is 3.67. The van der Waals surface area contributed by atoms with Gasteiger partial charge in [-0.15, -0.1) is 0 Å². The summed E-state index contributed by atoms with van der Waals surface area (Å²) < 4.78 is 10.9. The summed E-state index contributed by atoms with van der Waals surface area (Å²) in [6.07, 6.45) is 2.64. The molecule has 3 nitrogen and oxygen atoms in total. The van der Waals surface area contributed by atoms with Gasteiger partial charge in [-0.3, -0.25) is 0 Å². The maximum absolute atomic E-state index is 5.82. The van der Waals surface area contributed by atoms with E-state index in [1.807, 2.05) is 12.1 Å². The van der Waals surface area contributed by atoms with Crippen LogP contribution in [0, 0.1) is 0 Å². The van der Waals surface area contributed by atoms with E-state index >= 15 is 0 Å². The fourth-order valence-corrected chi connectivity index (χ4v) is 2.26. The number of methoxy groups -OCH3 is 1. The third-order valence-electron chi connectivity index (χ3n) is 3.78. The van der Waals surface area contributed by atoms with Gasteiger partial charge in [-0.25, -0.2) is 0 Å². The zero-order valence-corrected chi connectivity index (χ0v) is 12.2. The Kier molecular flexibility index (Phi) is 5.23. The molecular formula is C16H25NO2. The molecule has 1 aromatic rings. The van der Waals surface area contributed by atoms with Crippen LogP contribution in [0.25, 0.3) is 0 Å². The standard InChI is InChI=1S/C16H25NO2/c1-12(13(2)17-14-8-9-14)15-6-4-5-7-16(15)19-11-10-18-3/h4-7,12-14,17H,8-11H2,1-3H3. The average Bonchev–Trinajstić information content (AvgIpc) is 3.23. The first-order valence-corrected chi connectivity index (χ1v) is 7.19. The number of ether oxygens (including phenoxy) is 2. The van der Waals surface area contributed by atoms with Crippen LogP contribution in [-0.4, -0.2) is 32.4 Å². The Morgan fingerprint density at radius 3 is 2.63 bits per heavy atom. The molecule has 1 fully saturated rings. The number of para-hydroxylation sites is 1. The number of benzene rings is 1. The van der Waals surface area contributed by atoms with Crippen molar-refractivity contribution in [2.24, 2.45) is 0 Å². The van der Waals surface area contributed by atoms with E-state index in [4.69, 9.17) is 9.47 Å². The predicted octanol–water partition coefficient (Wildman–Crippen LogP) is 2.96. The minimum Gasteiger partial charge on any atom is -0.491 e. The van der Waals surface area contributed by atoms with Gasteiger partial charge in [0.1, 0.15) is 12.4 Å². The minimum absolute atomic E-state index is 0.444. The van der Waals surface area contributed by atoms with Gasteiger partial charge in [-0.2, -0.15) is 0 Å². The molecule has 2 unspecified atom stereocenters. The highest BCUT2D eigenvalue weighted by atomic mass is 16.5. The fraction of sp³-hybridized carbons (Fsp3) is 0.625. The van der Waals surface area contributed by atoms with Crippen molar-refractivity contribution in [3.05, 3.63) is 29.8 Å². The second-order valence-corrected chi connectivity index (χ2v) is 5.40. The Morgan fingerprint density at radius 2 is 1.95 bits per heavy atom. The Balaban J connectivity index is 1.99. The van der Waals surface area contributed by atoms with Crippen LogP contribution in [0.2, 0.25) is 0 Å². The smallest absolute Gasteiger partial charge is 0.122 e. The summed E-state index contributed by atoms with van der Waals surface area (Å²) in [5.41, 5.74) is 1.28. The van der Waals surface area contributed by atoms with Crippen molar-refractivity contribution in [3.63, 3.8) is 0 Å². The molecule has 19 heavy (non-hydrogen) atoms. The largest absolute Gasteiger partial charge is 0.491 e. The summed E-state index contributed by atoms with van der Waals surface area (Å²) in [7, 11) is 1.69. The van der Waals surface area contributed by atoms with Crippen LogP contribution in [-0.2, 0) is 4.74 Å². The van der Waals surface area contributed by atoms with Gasteiger partial charge >= 0.3 is 0 Å². The Hall–Kier alpha value is -1.06. The lowest BCUT2D eigenvalue weighted by Gasteiger charge is -2.24.